The summed E-state index contributed by atoms with van der Waals surface area (Å²) in [6.45, 7) is 1.29. The van der Waals surface area contributed by atoms with Gasteiger partial charge < -0.3 is 90.3 Å². The summed E-state index contributed by atoms with van der Waals surface area (Å²) >= 11 is 0. The fraction of sp³-hybridized carbons (Fsp3) is 0.880. The first-order valence-electron chi connectivity index (χ1n) is 13.7. The summed E-state index contributed by atoms with van der Waals surface area (Å²) in [6.07, 6.45) is -25.1. The van der Waals surface area contributed by atoms with Gasteiger partial charge in [-0.15, -0.1) is 0 Å². The van der Waals surface area contributed by atoms with E-state index in [1.807, 2.05) is 0 Å². The Bertz CT molecular complexity index is 928. The zero-order valence-corrected chi connectivity index (χ0v) is 23.4. The summed E-state index contributed by atoms with van der Waals surface area (Å²) in [5.74, 6) is 0. The first-order valence-corrected chi connectivity index (χ1v) is 13.7. The number of rotatable bonds is 12. The fourth-order valence-corrected chi connectivity index (χ4v) is 5.33. The molecule has 0 amide bonds. The van der Waals surface area contributed by atoms with Crippen LogP contribution in [-0.2, 0) is 23.7 Å². The minimum absolute atomic E-state index is 0.0312. The van der Waals surface area contributed by atoms with Crippen LogP contribution in [-0.4, -0.2) is 191 Å². The molecular formula is C25H43NO17. The molecule has 18 nitrogen and oxygen atoms in total. The maximum atomic E-state index is 10.9. The van der Waals surface area contributed by atoms with Crippen molar-refractivity contribution < 1.29 is 85.0 Å². The molecule has 250 valence electrons. The highest BCUT2D eigenvalue weighted by molar-refractivity contribution is 5.56. The van der Waals surface area contributed by atoms with E-state index < -0.39 is 123 Å². The van der Waals surface area contributed by atoms with E-state index >= 15 is 0 Å². The van der Waals surface area contributed by atoms with Crippen molar-refractivity contribution >= 4 is 6.29 Å². The number of carbonyl (C=O) groups excluding carboxylic acids is 1. The second-order valence-electron chi connectivity index (χ2n) is 11.0. The highest BCUT2D eigenvalue weighted by Gasteiger charge is 2.51. The van der Waals surface area contributed by atoms with Crippen LogP contribution in [0.15, 0.2) is 11.6 Å². The molecule has 0 aromatic carbocycles. The Morgan fingerprint density at radius 1 is 0.860 bits per heavy atom. The zero-order valence-electron chi connectivity index (χ0n) is 23.4. The number of aldehydes is 1. The average Bonchev–Trinajstić information content (AvgIpc) is 2.99. The summed E-state index contributed by atoms with van der Waals surface area (Å²) in [7, 11) is 0. The Labute approximate surface area is 245 Å². The highest BCUT2D eigenvalue weighted by Crippen LogP contribution is 2.31. The third kappa shape index (κ3) is 7.76. The predicted molar refractivity (Wildman–Crippen MR) is 138 cm³/mol. The van der Waals surface area contributed by atoms with Crippen LogP contribution in [0, 0.1) is 0 Å². The van der Waals surface area contributed by atoms with Crippen LogP contribution in [0.4, 0.5) is 0 Å². The molecule has 0 saturated carbocycles. The van der Waals surface area contributed by atoms with E-state index in [4.69, 9.17) is 18.9 Å². The first kappa shape index (κ1) is 36.2. The van der Waals surface area contributed by atoms with E-state index in [9.17, 15) is 66.1 Å². The Balaban J connectivity index is 1.67. The van der Waals surface area contributed by atoms with Crippen LogP contribution in [0.2, 0.25) is 0 Å². The molecule has 0 aromatic heterocycles. The van der Waals surface area contributed by atoms with Gasteiger partial charge in [-0.1, -0.05) is 6.08 Å². The lowest BCUT2D eigenvalue weighted by Crippen LogP contribution is -2.68. The molecule has 2 saturated heterocycles. The van der Waals surface area contributed by atoms with Gasteiger partial charge in [0.05, 0.1) is 37.5 Å². The van der Waals surface area contributed by atoms with Crippen molar-refractivity contribution in [2.45, 2.75) is 124 Å². The van der Waals surface area contributed by atoms with Gasteiger partial charge in [-0.3, -0.25) is 0 Å². The first-order chi connectivity index (χ1) is 20.2. The normalized spacial score (nSPS) is 45.1. The van der Waals surface area contributed by atoms with Crippen LogP contribution >= 0.6 is 0 Å². The molecule has 0 radical (unpaired) electrons. The van der Waals surface area contributed by atoms with Gasteiger partial charge in [-0.25, -0.2) is 0 Å². The lowest BCUT2D eigenvalue weighted by molar-refractivity contribution is -0.356. The van der Waals surface area contributed by atoms with E-state index in [0.29, 0.717) is 0 Å². The number of hydrogen-bond donors (Lipinski definition) is 13. The zero-order chi connectivity index (χ0) is 32.3. The standard InChI is InChI=1S/C25H43NO17/c1-7-13(26-10-3-9(4-27)14(32)18(36)15(10)33)17(35)20(38)24(40-7)42-22-8(2)41-25(21(39)19(22)37)43-23(12(31)6-29)16(34)11(30)5-28/h3,5,7-8,10-27,29-39H,4,6H2,1-2H3/t7-,8-,10+,11+,12-,13-,14-,15+,16-,17+,18+,19-,20-,21-,22-,23-,24-,25-/m1/s1. The molecule has 0 bridgehead atoms. The van der Waals surface area contributed by atoms with E-state index in [2.05, 4.69) is 5.32 Å². The van der Waals surface area contributed by atoms with Crippen molar-refractivity contribution in [1.82, 2.24) is 5.32 Å². The lowest BCUT2D eigenvalue weighted by Gasteiger charge is -2.48. The van der Waals surface area contributed by atoms with Crippen molar-refractivity contribution in [2.75, 3.05) is 13.2 Å². The van der Waals surface area contributed by atoms with Crippen LogP contribution in [0.25, 0.3) is 0 Å². The average molecular weight is 630 g/mol. The molecular weight excluding hydrogens is 586 g/mol. The molecule has 0 aromatic rings. The van der Waals surface area contributed by atoms with Gasteiger partial charge in [0.25, 0.3) is 0 Å². The molecule has 3 aliphatic rings. The number of hydrogen-bond acceptors (Lipinski definition) is 18. The van der Waals surface area contributed by atoms with Crippen LogP contribution in [0.5, 0.6) is 0 Å². The van der Waals surface area contributed by atoms with Crippen molar-refractivity contribution in [2.24, 2.45) is 0 Å². The largest absolute Gasteiger partial charge is 0.394 e. The molecule has 2 fully saturated rings. The monoisotopic (exact) mass is 629 g/mol. The summed E-state index contributed by atoms with van der Waals surface area (Å²) in [5.41, 5.74) is 0.0312. The Morgan fingerprint density at radius 3 is 2.05 bits per heavy atom. The van der Waals surface area contributed by atoms with Gasteiger partial charge in [0.15, 0.2) is 18.9 Å². The number of nitrogens with one attached hydrogen (secondary N) is 1. The van der Waals surface area contributed by atoms with Crippen molar-refractivity contribution in [1.29, 1.82) is 0 Å². The molecule has 18 heteroatoms. The number of ether oxygens (including phenoxy) is 4. The summed E-state index contributed by atoms with van der Waals surface area (Å²) in [4.78, 5) is 10.9. The molecule has 43 heavy (non-hydrogen) atoms. The summed E-state index contributed by atoms with van der Waals surface area (Å²) in [5, 5.41) is 125. The molecule has 1 aliphatic carbocycles. The van der Waals surface area contributed by atoms with Gasteiger partial charge in [0.2, 0.25) is 0 Å². The summed E-state index contributed by atoms with van der Waals surface area (Å²) < 4.78 is 22.3. The van der Waals surface area contributed by atoms with Gasteiger partial charge in [-0.2, -0.15) is 0 Å². The molecule has 3 rings (SSSR count). The quantitative estimate of drug-likeness (QED) is 0.0704. The second-order valence-corrected chi connectivity index (χ2v) is 11.0. The molecule has 0 spiro atoms. The number of aliphatic hydroxyl groups is 12. The van der Waals surface area contributed by atoms with Crippen molar-refractivity contribution in [3.8, 4) is 0 Å². The minimum Gasteiger partial charge on any atom is -0.394 e. The highest BCUT2D eigenvalue weighted by atomic mass is 16.7. The predicted octanol–water partition coefficient (Wildman–Crippen LogP) is -7.69. The van der Waals surface area contributed by atoms with Gasteiger partial charge in [0, 0.05) is 0 Å². The topological polar surface area (TPSA) is 309 Å². The summed E-state index contributed by atoms with van der Waals surface area (Å²) in [6, 6.07) is -2.12. The molecule has 0 unspecified atom stereocenters. The maximum absolute atomic E-state index is 10.9. The van der Waals surface area contributed by atoms with Crippen molar-refractivity contribution in [3.63, 3.8) is 0 Å². The Morgan fingerprint density at radius 2 is 1.47 bits per heavy atom. The van der Waals surface area contributed by atoms with Crippen molar-refractivity contribution in [3.05, 3.63) is 11.6 Å². The van der Waals surface area contributed by atoms with E-state index in [-0.39, 0.29) is 11.9 Å². The third-order valence-electron chi connectivity index (χ3n) is 7.99. The van der Waals surface area contributed by atoms with Gasteiger partial charge in [0.1, 0.15) is 73.2 Å². The molecule has 2 heterocycles. The van der Waals surface area contributed by atoms with E-state index in [1.54, 1.807) is 0 Å². The number of aliphatic hydroxyl groups excluding tert-OH is 12. The van der Waals surface area contributed by atoms with Crippen LogP contribution in [0.3, 0.4) is 0 Å². The van der Waals surface area contributed by atoms with E-state index in [1.165, 1.54) is 19.9 Å². The minimum atomic E-state index is -2.04. The van der Waals surface area contributed by atoms with Crippen LogP contribution in [0.1, 0.15) is 13.8 Å². The molecule has 13 N–H and O–H groups in total. The van der Waals surface area contributed by atoms with Gasteiger partial charge in [-0.05, 0) is 19.4 Å². The SMILES string of the molecule is C[C@H]1O[C@H](O[C@H]2[C@H](O)[C@@H](O)[C@@H](O[C@@H]([C@H](O)[C@@H](O)C=O)[C@H](O)CO)O[C@@H]2C)[C@H](O)[C@@H](O)[C@@H]1N[C@H]1C=C(CO)[C@@H](O)[C@H](O)[C@H]1O. The number of carbonyl (C=O) groups is 1. The fourth-order valence-electron chi connectivity index (χ4n) is 5.33. The molecule has 18 atom stereocenters. The Hall–Kier alpha value is -1.27. The third-order valence-corrected chi connectivity index (χ3v) is 7.99. The van der Waals surface area contributed by atoms with Crippen LogP contribution < -0.4 is 5.32 Å². The lowest BCUT2D eigenvalue weighted by atomic mass is 9.86. The molecule has 2 aliphatic heterocycles. The smallest absolute Gasteiger partial charge is 0.187 e. The second kappa shape index (κ2) is 15.3. The Kier molecular flexibility index (Phi) is 12.9. The van der Waals surface area contributed by atoms with Gasteiger partial charge >= 0.3 is 0 Å². The maximum Gasteiger partial charge on any atom is 0.187 e. The van der Waals surface area contributed by atoms with E-state index in [0.717, 1.165) is 0 Å².